The van der Waals surface area contributed by atoms with Gasteiger partial charge < -0.3 is 14.2 Å². The molecule has 0 unspecified atom stereocenters. The van der Waals surface area contributed by atoms with Gasteiger partial charge in [-0.05, 0) is 30.3 Å². The van der Waals surface area contributed by atoms with Gasteiger partial charge in [-0.1, -0.05) is 0 Å². The summed E-state index contributed by atoms with van der Waals surface area (Å²) in [7, 11) is 4.43. The summed E-state index contributed by atoms with van der Waals surface area (Å²) < 4.78 is 15.1. The van der Waals surface area contributed by atoms with E-state index in [9.17, 15) is 4.79 Å². The summed E-state index contributed by atoms with van der Waals surface area (Å²) in [5, 5.41) is 2.46. The van der Waals surface area contributed by atoms with Crippen LogP contribution in [0.4, 0.5) is 10.6 Å². The van der Waals surface area contributed by atoms with Gasteiger partial charge >= 0.3 is 6.09 Å². The lowest BCUT2D eigenvalue weighted by molar-refractivity contribution is 0.187. The van der Waals surface area contributed by atoms with E-state index in [4.69, 9.17) is 9.47 Å². The molecule has 25 heavy (non-hydrogen) atoms. The Morgan fingerprint density at radius 3 is 2.52 bits per heavy atom. The molecular weight excluding hydrogens is 324 g/mol. The van der Waals surface area contributed by atoms with E-state index in [1.165, 1.54) is 13.3 Å². The molecule has 3 aromatic rings. The third-order valence-corrected chi connectivity index (χ3v) is 3.50. The Labute approximate surface area is 143 Å². The molecule has 0 aliphatic heterocycles. The van der Waals surface area contributed by atoms with Crippen molar-refractivity contribution in [1.29, 1.82) is 0 Å². The highest BCUT2D eigenvalue weighted by Crippen LogP contribution is 2.31. The second-order valence-corrected chi connectivity index (χ2v) is 4.98. The number of amides is 1. The molecule has 0 radical (unpaired) electrons. The molecule has 0 aliphatic rings. The van der Waals surface area contributed by atoms with Crippen molar-refractivity contribution >= 4 is 23.1 Å². The van der Waals surface area contributed by atoms with Crippen molar-refractivity contribution in [2.24, 2.45) is 0 Å². The van der Waals surface area contributed by atoms with E-state index in [1.807, 2.05) is 24.3 Å². The number of hydrogen-bond donors (Lipinski definition) is 1. The first-order valence-electron chi connectivity index (χ1n) is 7.35. The van der Waals surface area contributed by atoms with Crippen molar-refractivity contribution in [2.75, 3.05) is 26.6 Å². The van der Waals surface area contributed by atoms with Crippen LogP contribution >= 0.6 is 0 Å². The standard InChI is InChI=1S/C17H16N4O4/c1-23-13-7-4-10(8-14(13)24-2)11-5-6-12-16(19-11)20-15(9-18-12)21-17(22)25-3/h4-9H,1-3H3,(H,19,20,21,22). The van der Waals surface area contributed by atoms with Crippen molar-refractivity contribution < 1.29 is 19.0 Å². The summed E-state index contributed by atoms with van der Waals surface area (Å²) in [4.78, 5) is 24.3. The number of hydrogen-bond acceptors (Lipinski definition) is 7. The van der Waals surface area contributed by atoms with Gasteiger partial charge in [0.05, 0.1) is 33.2 Å². The smallest absolute Gasteiger partial charge is 0.412 e. The Kier molecular flexibility index (Phi) is 4.60. The van der Waals surface area contributed by atoms with Gasteiger partial charge in [-0.3, -0.25) is 5.32 Å². The zero-order valence-corrected chi connectivity index (χ0v) is 13.9. The molecule has 0 saturated carbocycles. The van der Waals surface area contributed by atoms with E-state index in [0.717, 1.165) is 5.56 Å². The average Bonchev–Trinajstić information content (AvgIpc) is 2.66. The largest absolute Gasteiger partial charge is 0.493 e. The van der Waals surface area contributed by atoms with Crippen molar-refractivity contribution in [1.82, 2.24) is 15.0 Å². The third-order valence-electron chi connectivity index (χ3n) is 3.50. The van der Waals surface area contributed by atoms with E-state index in [0.29, 0.717) is 28.4 Å². The van der Waals surface area contributed by atoms with Gasteiger partial charge in [0.2, 0.25) is 0 Å². The van der Waals surface area contributed by atoms with Gasteiger partial charge in [-0.15, -0.1) is 0 Å². The fourth-order valence-corrected chi connectivity index (χ4v) is 2.27. The van der Waals surface area contributed by atoms with Crippen LogP contribution in [0.1, 0.15) is 0 Å². The molecule has 0 atom stereocenters. The van der Waals surface area contributed by atoms with Crippen LogP contribution in [0.5, 0.6) is 11.5 Å². The van der Waals surface area contributed by atoms with Crippen LogP contribution in [-0.2, 0) is 4.74 Å². The number of ether oxygens (including phenoxy) is 3. The van der Waals surface area contributed by atoms with Crippen LogP contribution in [-0.4, -0.2) is 42.4 Å². The predicted octanol–water partition coefficient (Wildman–Crippen LogP) is 2.89. The maximum atomic E-state index is 11.3. The van der Waals surface area contributed by atoms with Gasteiger partial charge in [0.25, 0.3) is 0 Å². The monoisotopic (exact) mass is 340 g/mol. The molecule has 0 aliphatic carbocycles. The van der Waals surface area contributed by atoms with Crippen LogP contribution in [0.15, 0.2) is 36.5 Å². The van der Waals surface area contributed by atoms with E-state index in [1.54, 1.807) is 20.3 Å². The highest BCUT2D eigenvalue weighted by Gasteiger charge is 2.10. The van der Waals surface area contributed by atoms with Crippen LogP contribution in [0.2, 0.25) is 0 Å². The van der Waals surface area contributed by atoms with E-state index < -0.39 is 6.09 Å². The van der Waals surface area contributed by atoms with E-state index in [-0.39, 0.29) is 5.82 Å². The Hall–Kier alpha value is -3.42. The number of carbonyl (C=O) groups excluding carboxylic acids is 1. The minimum Gasteiger partial charge on any atom is -0.493 e. The van der Waals surface area contributed by atoms with Gasteiger partial charge in [0.15, 0.2) is 23.0 Å². The quantitative estimate of drug-likeness (QED) is 0.780. The first-order chi connectivity index (χ1) is 12.1. The molecule has 8 heteroatoms. The van der Waals surface area contributed by atoms with Crippen LogP contribution in [0.3, 0.4) is 0 Å². The fourth-order valence-electron chi connectivity index (χ4n) is 2.27. The lowest BCUT2D eigenvalue weighted by Crippen LogP contribution is -2.12. The predicted molar refractivity (Wildman–Crippen MR) is 91.9 cm³/mol. The molecule has 1 amide bonds. The SMILES string of the molecule is COC(=O)Nc1cnc2ccc(-c3ccc(OC)c(OC)c3)nc2n1. The number of nitrogens with one attached hydrogen (secondary N) is 1. The Morgan fingerprint density at radius 2 is 1.80 bits per heavy atom. The number of benzene rings is 1. The zero-order valence-electron chi connectivity index (χ0n) is 13.9. The van der Waals surface area contributed by atoms with Crippen molar-refractivity contribution in [3.05, 3.63) is 36.5 Å². The molecule has 2 heterocycles. The first-order valence-corrected chi connectivity index (χ1v) is 7.35. The number of pyridine rings is 1. The number of methoxy groups -OCH3 is 3. The molecule has 128 valence electrons. The summed E-state index contributed by atoms with van der Waals surface area (Å²) in [6, 6.07) is 9.16. The van der Waals surface area contributed by atoms with Gasteiger partial charge in [0.1, 0.15) is 5.52 Å². The molecule has 0 spiro atoms. The van der Waals surface area contributed by atoms with Crippen LogP contribution in [0.25, 0.3) is 22.4 Å². The van der Waals surface area contributed by atoms with Gasteiger partial charge in [-0.2, -0.15) is 0 Å². The zero-order chi connectivity index (χ0) is 17.8. The number of rotatable bonds is 4. The molecule has 1 aromatic carbocycles. The molecule has 3 rings (SSSR count). The lowest BCUT2D eigenvalue weighted by atomic mass is 10.1. The molecule has 1 N–H and O–H groups in total. The summed E-state index contributed by atoms with van der Waals surface area (Å²) in [5.74, 6) is 1.50. The van der Waals surface area contributed by atoms with Gasteiger partial charge in [-0.25, -0.2) is 19.7 Å². The summed E-state index contributed by atoms with van der Waals surface area (Å²) in [5.41, 5.74) is 2.55. The molecule has 0 saturated heterocycles. The first kappa shape index (κ1) is 16.4. The summed E-state index contributed by atoms with van der Waals surface area (Å²) in [6.07, 6.45) is 0.821. The molecule has 0 fully saturated rings. The minimum absolute atomic E-state index is 0.260. The summed E-state index contributed by atoms with van der Waals surface area (Å²) >= 11 is 0. The second kappa shape index (κ2) is 7.00. The Morgan fingerprint density at radius 1 is 1.00 bits per heavy atom. The third kappa shape index (κ3) is 3.42. The number of nitrogens with zero attached hydrogens (tertiary/aromatic N) is 3. The minimum atomic E-state index is -0.621. The Balaban J connectivity index is 2.01. The van der Waals surface area contributed by atoms with Crippen molar-refractivity contribution in [2.45, 2.75) is 0 Å². The van der Waals surface area contributed by atoms with Crippen molar-refractivity contribution in [3.8, 4) is 22.8 Å². The fraction of sp³-hybridized carbons (Fsp3) is 0.176. The molecule has 0 bridgehead atoms. The van der Waals surface area contributed by atoms with Crippen molar-refractivity contribution in [3.63, 3.8) is 0 Å². The van der Waals surface area contributed by atoms with Crippen LogP contribution < -0.4 is 14.8 Å². The highest BCUT2D eigenvalue weighted by molar-refractivity contribution is 5.84. The van der Waals surface area contributed by atoms with Gasteiger partial charge in [0, 0.05) is 5.56 Å². The van der Waals surface area contributed by atoms with Crippen LogP contribution in [0, 0.1) is 0 Å². The Bertz CT molecular complexity index is 930. The highest BCUT2D eigenvalue weighted by atomic mass is 16.5. The number of aromatic nitrogens is 3. The molecule has 8 nitrogen and oxygen atoms in total. The lowest BCUT2D eigenvalue weighted by Gasteiger charge is -2.10. The number of fused-ring (bicyclic) bond motifs is 1. The molecular formula is C17H16N4O4. The average molecular weight is 340 g/mol. The second-order valence-electron chi connectivity index (χ2n) is 4.98. The summed E-state index contributed by atoms with van der Waals surface area (Å²) in [6.45, 7) is 0. The number of anilines is 1. The van der Waals surface area contributed by atoms with E-state index >= 15 is 0 Å². The maximum Gasteiger partial charge on any atom is 0.412 e. The maximum absolute atomic E-state index is 11.3. The normalized spacial score (nSPS) is 10.4. The van der Waals surface area contributed by atoms with E-state index in [2.05, 4.69) is 25.0 Å². The molecule has 2 aromatic heterocycles. The number of carbonyl (C=O) groups is 1. The topological polar surface area (TPSA) is 95.5 Å².